The van der Waals surface area contributed by atoms with Gasteiger partial charge in [-0.15, -0.1) is 11.8 Å². The molecule has 3 aromatic rings. The third-order valence-corrected chi connectivity index (χ3v) is 5.20. The van der Waals surface area contributed by atoms with Crippen LogP contribution in [-0.2, 0) is 0 Å². The van der Waals surface area contributed by atoms with Gasteiger partial charge in [-0.3, -0.25) is 4.57 Å². The van der Waals surface area contributed by atoms with Crippen molar-refractivity contribution in [3.8, 4) is 5.82 Å². The molecule has 0 saturated carbocycles. The Hall–Kier alpha value is -1.46. The SMILES string of the molecule is CCCCSc1nccc(-n2cc(SC)c3ccccc32)n1. The standard InChI is InChI=1S/C17H19N3S2/c1-3-4-11-22-17-18-10-9-16(19-17)20-12-15(21-2)13-7-5-6-8-14(13)20/h5-10,12H,3-4,11H2,1-2H3. The van der Waals surface area contributed by atoms with Crippen molar-refractivity contribution in [1.29, 1.82) is 0 Å². The predicted molar refractivity (Wildman–Crippen MR) is 96.3 cm³/mol. The maximum atomic E-state index is 4.72. The quantitative estimate of drug-likeness (QED) is 0.360. The molecule has 2 heterocycles. The van der Waals surface area contributed by atoms with Gasteiger partial charge in [0.2, 0.25) is 0 Å². The van der Waals surface area contributed by atoms with Gasteiger partial charge in [0.1, 0.15) is 5.82 Å². The molecule has 0 radical (unpaired) electrons. The summed E-state index contributed by atoms with van der Waals surface area (Å²) in [5, 5.41) is 2.13. The van der Waals surface area contributed by atoms with Gasteiger partial charge in [0.25, 0.3) is 0 Å². The number of benzene rings is 1. The Morgan fingerprint density at radius 1 is 1.18 bits per heavy atom. The summed E-state index contributed by atoms with van der Waals surface area (Å²) in [7, 11) is 0. The van der Waals surface area contributed by atoms with E-state index < -0.39 is 0 Å². The van der Waals surface area contributed by atoms with Crippen LogP contribution in [0.15, 0.2) is 52.8 Å². The lowest BCUT2D eigenvalue weighted by atomic mass is 10.2. The molecule has 3 nitrogen and oxygen atoms in total. The fourth-order valence-corrected chi connectivity index (χ4v) is 3.86. The predicted octanol–water partition coefficient (Wildman–Crippen LogP) is 5.03. The molecule has 22 heavy (non-hydrogen) atoms. The van der Waals surface area contributed by atoms with Crippen LogP contribution in [0.3, 0.4) is 0 Å². The molecule has 0 bridgehead atoms. The lowest BCUT2D eigenvalue weighted by molar-refractivity contribution is 0.877. The van der Waals surface area contributed by atoms with Gasteiger partial charge in [-0.2, -0.15) is 0 Å². The monoisotopic (exact) mass is 329 g/mol. The molecule has 0 unspecified atom stereocenters. The molecule has 0 aliphatic heterocycles. The van der Waals surface area contributed by atoms with Crippen molar-refractivity contribution >= 4 is 34.4 Å². The number of unbranched alkanes of at least 4 members (excludes halogenated alkanes) is 1. The Labute approximate surface area is 139 Å². The van der Waals surface area contributed by atoms with Crippen LogP contribution >= 0.6 is 23.5 Å². The molecule has 0 amide bonds. The fraction of sp³-hybridized carbons (Fsp3) is 0.294. The minimum atomic E-state index is 0.856. The number of nitrogens with zero attached hydrogens (tertiary/aromatic N) is 3. The van der Waals surface area contributed by atoms with Crippen LogP contribution in [0.5, 0.6) is 0 Å². The second-order valence-corrected chi connectivity index (χ2v) is 6.89. The Kier molecular flexibility index (Phi) is 5.05. The highest BCUT2D eigenvalue weighted by molar-refractivity contribution is 7.99. The zero-order valence-electron chi connectivity index (χ0n) is 12.8. The summed E-state index contributed by atoms with van der Waals surface area (Å²) in [5.74, 6) is 2.01. The van der Waals surface area contributed by atoms with Gasteiger partial charge >= 0.3 is 0 Å². The smallest absolute Gasteiger partial charge is 0.189 e. The van der Waals surface area contributed by atoms with E-state index >= 15 is 0 Å². The van der Waals surface area contributed by atoms with E-state index in [1.807, 2.05) is 12.3 Å². The van der Waals surface area contributed by atoms with Crippen molar-refractivity contribution in [2.24, 2.45) is 0 Å². The number of para-hydroxylation sites is 1. The van der Waals surface area contributed by atoms with Gasteiger partial charge in [0.05, 0.1) is 5.52 Å². The lowest BCUT2D eigenvalue weighted by Crippen LogP contribution is -1.98. The number of thioether (sulfide) groups is 2. The fourth-order valence-electron chi connectivity index (χ4n) is 2.34. The second-order valence-electron chi connectivity index (χ2n) is 4.98. The maximum Gasteiger partial charge on any atom is 0.189 e. The molecule has 0 N–H and O–H groups in total. The first kappa shape index (κ1) is 15.4. The van der Waals surface area contributed by atoms with Gasteiger partial charge in [-0.25, -0.2) is 9.97 Å². The van der Waals surface area contributed by atoms with Crippen LogP contribution in [0.2, 0.25) is 0 Å². The van der Waals surface area contributed by atoms with E-state index in [-0.39, 0.29) is 0 Å². The molecular formula is C17H19N3S2. The van der Waals surface area contributed by atoms with Crippen molar-refractivity contribution in [3.63, 3.8) is 0 Å². The van der Waals surface area contributed by atoms with Crippen LogP contribution in [0, 0.1) is 0 Å². The average Bonchev–Trinajstić information content (AvgIpc) is 2.94. The van der Waals surface area contributed by atoms with Gasteiger partial charge in [0.15, 0.2) is 5.16 Å². The first-order chi connectivity index (χ1) is 10.8. The summed E-state index contributed by atoms with van der Waals surface area (Å²) in [4.78, 5) is 10.4. The maximum absolute atomic E-state index is 4.72. The molecule has 0 aliphatic rings. The first-order valence-corrected chi connectivity index (χ1v) is 9.65. The highest BCUT2D eigenvalue weighted by Gasteiger charge is 2.10. The van der Waals surface area contributed by atoms with Crippen molar-refractivity contribution in [2.75, 3.05) is 12.0 Å². The Morgan fingerprint density at radius 3 is 2.86 bits per heavy atom. The summed E-state index contributed by atoms with van der Waals surface area (Å²) in [6, 6.07) is 10.4. The van der Waals surface area contributed by atoms with Crippen molar-refractivity contribution in [3.05, 3.63) is 42.7 Å². The Balaban J connectivity index is 1.99. The molecular weight excluding hydrogens is 310 g/mol. The number of aromatic nitrogens is 3. The number of rotatable bonds is 6. The third kappa shape index (κ3) is 3.15. The highest BCUT2D eigenvalue weighted by atomic mass is 32.2. The van der Waals surface area contributed by atoms with E-state index in [4.69, 9.17) is 4.98 Å². The topological polar surface area (TPSA) is 30.7 Å². The van der Waals surface area contributed by atoms with Crippen LogP contribution < -0.4 is 0 Å². The zero-order valence-corrected chi connectivity index (χ0v) is 14.5. The molecule has 0 spiro atoms. The summed E-state index contributed by atoms with van der Waals surface area (Å²) in [6.45, 7) is 2.20. The van der Waals surface area contributed by atoms with E-state index in [0.29, 0.717) is 0 Å². The molecule has 0 aliphatic carbocycles. The molecule has 0 saturated heterocycles. The van der Waals surface area contributed by atoms with E-state index in [0.717, 1.165) is 16.7 Å². The number of hydrogen-bond acceptors (Lipinski definition) is 4. The highest BCUT2D eigenvalue weighted by Crippen LogP contribution is 2.30. The van der Waals surface area contributed by atoms with Gasteiger partial charge in [-0.1, -0.05) is 43.3 Å². The molecule has 0 atom stereocenters. The van der Waals surface area contributed by atoms with Crippen LogP contribution in [0.1, 0.15) is 19.8 Å². The van der Waals surface area contributed by atoms with Crippen LogP contribution in [-0.4, -0.2) is 26.5 Å². The summed E-state index contributed by atoms with van der Waals surface area (Å²) < 4.78 is 2.16. The molecule has 3 rings (SSSR count). The van der Waals surface area contributed by atoms with Gasteiger partial charge < -0.3 is 0 Å². The summed E-state index contributed by atoms with van der Waals surface area (Å²) >= 11 is 3.50. The van der Waals surface area contributed by atoms with Crippen molar-refractivity contribution < 1.29 is 0 Å². The second kappa shape index (κ2) is 7.20. The van der Waals surface area contributed by atoms with E-state index in [1.165, 1.54) is 28.6 Å². The minimum absolute atomic E-state index is 0.856. The van der Waals surface area contributed by atoms with Crippen LogP contribution in [0.4, 0.5) is 0 Å². The van der Waals surface area contributed by atoms with Crippen LogP contribution in [0.25, 0.3) is 16.7 Å². The minimum Gasteiger partial charge on any atom is -0.300 e. The third-order valence-electron chi connectivity index (χ3n) is 3.49. The van der Waals surface area contributed by atoms with Crippen molar-refractivity contribution in [1.82, 2.24) is 14.5 Å². The normalized spacial score (nSPS) is 11.2. The Morgan fingerprint density at radius 2 is 2.05 bits per heavy atom. The number of hydrogen-bond donors (Lipinski definition) is 0. The largest absolute Gasteiger partial charge is 0.300 e. The zero-order chi connectivity index (χ0) is 15.4. The van der Waals surface area contributed by atoms with Gasteiger partial charge in [0, 0.05) is 28.4 Å². The molecule has 2 aromatic heterocycles. The lowest BCUT2D eigenvalue weighted by Gasteiger charge is -2.06. The molecule has 0 fully saturated rings. The van der Waals surface area contributed by atoms with E-state index in [9.17, 15) is 0 Å². The molecule has 5 heteroatoms. The van der Waals surface area contributed by atoms with Gasteiger partial charge in [-0.05, 0) is 24.8 Å². The number of fused-ring (bicyclic) bond motifs is 1. The van der Waals surface area contributed by atoms with Crippen molar-refractivity contribution in [2.45, 2.75) is 29.8 Å². The van der Waals surface area contributed by atoms with E-state index in [2.05, 4.69) is 53.2 Å². The first-order valence-electron chi connectivity index (χ1n) is 7.43. The average molecular weight is 329 g/mol. The molecule has 114 valence electrons. The summed E-state index contributed by atoms with van der Waals surface area (Å²) in [6.07, 6.45) is 8.52. The molecule has 1 aromatic carbocycles. The Bertz CT molecular complexity index is 767. The van der Waals surface area contributed by atoms with E-state index in [1.54, 1.807) is 23.5 Å². The summed E-state index contributed by atoms with van der Waals surface area (Å²) in [5.41, 5.74) is 1.19.